The normalized spacial score (nSPS) is 19.4. The molecule has 1 aliphatic heterocycles. The summed E-state index contributed by atoms with van der Waals surface area (Å²) >= 11 is 0. The Hall–Kier alpha value is -3.04. The van der Waals surface area contributed by atoms with E-state index in [0.29, 0.717) is 37.6 Å². The van der Waals surface area contributed by atoms with E-state index in [9.17, 15) is 18.4 Å². The third-order valence-electron chi connectivity index (χ3n) is 8.11. The Bertz CT molecular complexity index is 1140. The lowest BCUT2D eigenvalue weighted by Gasteiger charge is -2.32. The van der Waals surface area contributed by atoms with Crippen LogP contribution in [-0.4, -0.2) is 69.3 Å². The maximum absolute atomic E-state index is 13.7. The lowest BCUT2D eigenvalue weighted by molar-refractivity contribution is -0.123. The molecule has 224 valence electrons. The minimum absolute atomic E-state index is 0.0254. The zero-order valence-corrected chi connectivity index (χ0v) is 24.3. The average Bonchev–Trinajstić information content (AvgIpc) is 3.69. The number of halogens is 2. The van der Waals surface area contributed by atoms with Crippen LogP contribution in [0.25, 0.3) is 0 Å². The molecule has 4 rings (SSSR count). The molecule has 1 unspecified atom stereocenters. The minimum Gasteiger partial charge on any atom is -0.493 e. The van der Waals surface area contributed by atoms with Gasteiger partial charge in [0.05, 0.1) is 18.1 Å². The van der Waals surface area contributed by atoms with Gasteiger partial charge in [-0.25, -0.2) is 8.78 Å². The van der Waals surface area contributed by atoms with Crippen molar-refractivity contribution in [2.24, 2.45) is 17.8 Å². The Labute approximate surface area is 242 Å². The maximum atomic E-state index is 13.7. The first-order valence-electron chi connectivity index (χ1n) is 14.7. The van der Waals surface area contributed by atoms with Gasteiger partial charge in [-0.3, -0.25) is 9.59 Å². The summed E-state index contributed by atoms with van der Waals surface area (Å²) in [5.74, 6) is 0.451. The standard InChI is InChI=1S/C32H43F2N3O4/c1-21(2)37(32(39)24-12-13-27(30(33)34)28(16-24)41-15-7-14-40-3)20-26-18-35-17-25(26)19-36-31(38)29(23-10-11-23)22-8-5-4-6-9-22/h4-6,8-9,12-13,16,21,23,25-26,29-30,35H,7,10-11,14-15,17-20H2,1-3H3,(H,36,38)/t25-,26+,29?/m1/s1. The number of carbonyl (C=O) groups is 2. The summed E-state index contributed by atoms with van der Waals surface area (Å²) in [4.78, 5) is 28.7. The van der Waals surface area contributed by atoms with E-state index in [-0.39, 0.29) is 53.5 Å². The van der Waals surface area contributed by atoms with Crippen molar-refractivity contribution in [2.45, 2.75) is 51.5 Å². The topological polar surface area (TPSA) is 79.9 Å². The lowest BCUT2D eigenvalue weighted by atomic mass is 9.91. The van der Waals surface area contributed by atoms with Gasteiger partial charge in [0.25, 0.3) is 12.3 Å². The van der Waals surface area contributed by atoms with Crippen LogP contribution in [0, 0.1) is 17.8 Å². The van der Waals surface area contributed by atoms with Crippen LogP contribution >= 0.6 is 0 Å². The molecular formula is C32H43F2N3O4. The number of alkyl halides is 2. The van der Waals surface area contributed by atoms with Crippen LogP contribution < -0.4 is 15.4 Å². The first kappa shape index (κ1) is 30.9. The number of nitrogens with one attached hydrogen (secondary N) is 2. The molecule has 9 heteroatoms. The Morgan fingerprint density at radius 2 is 1.78 bits per heavy atom. The molecule has 1 aliphatic carbocycles. The number of nitrogens with zero attached hydrogens (tertiary/aromatic N) is 1. The molecule has 2 fully saturated rings. The third kappa shape index (κ3) is 8.26. The van der Waals surface area contributed by atoms with Gasteiger partial charge in [-0.2, -0.15) is 0 Å². The van der Waals surface area contributed by atoms with Crippen LogP contribution in [0.2, 0.25) is 0 Å². The monoisotopic (exact) mass is 571 g/mol. The molecule has 1 heterocycles. The second kappa shape index (κ2) is 14.7. The Morgan fingerprint density at radius 3 is 2.44 bits per heavy atom. The molecule has 1 saturated heterocycles. The van der Waals surface area contributed by atoms with Gasteiger partial charge in [0.15, 0.2) is 0 Å². The molecule has 41 heavy (non-hydrogen) atoms. The van der Waals surface area contributed by atoms with E-state index >= 15 is 0 Å². The summed E-state index contributed by atoms with van der Waals surface area (Å²) in [7, 11) is 1.57. The van der Waals surface area contributed by atoms with Crippen molar-refractivity contribution < 1.29 is 27.8 Å². The van der Waals surface area contributed by atoms with Gasteiger partial charge >= 0.3 is 0 Å². The fraction of sp³-hybridized carbons (Fsp3) is 0.562. The summed E-state index contributed by atoms with van der Waals surface area (Å²) < 4.78 is 37.9. The molecule has 2 amide bonds. The average molecular weight is 572 g/mol. The van der Waals surface area contributed by atoms with Crippen molar-refractivity contribution in [2.75, 3.05) is 46.5 Å². The first-order valence-corrected chi connectivity index (χ1v) is 14.7. The van der Waals surface area contributed by atoms with Gasteiger partial charge in [0, 0.05) is 57.9 Å². The Balaban J connectivity index is 1.41. The summed E-state index contributed by atoms with van der Waals surface area (Å²) in [6, 6.07) is 14.0. The molecule has 0 aromatic heterocycles. The number of amides is 2. The maximum Gasteiger partial charge on any atom is 0.267 e. The quantitative estimate of drug-likeness (QED) is 0.293. The summed E-state index contributed by atoms with van der Waals surface area (Å²) in [6.07, 6.45) is -0.0108. The number of benzene rings is 2. The highest BCUT2D eigenvalue weighted by Gasteiger charge is 2.38. The first-order chi connectivity index (χ1) is 19.8. The van der Waals surface area contributed by atoms with E-state index in [1.807, 2.05) is 44.2 Å². The van der Waals surface area contributed by atoms with E-state index in [1.165, 1.54) is 18.2 Å². The molecule has 2 aliphatic rings. The molecule has 1 saturated carbocycles. The summed E-state index contributed by atoms with van der Waals surface area (Å²) in [5.41, 5.74) is 1.15. The van der Waals surface area contributed by atoms with Crippen molar-refractivity contribution in [3.05, 3.63) is 65.2 Å². The van der Waals surface area contributed by atoms with Crippen molar-refractivity contribution in [3.8, 4) is 5.75 Å². The molecule has 2 aromatic rings. The zero-order chi connectivity index (χ0) is 29.4. The van der Waals surface area contributed by atoms with Gasteiger partial charge in [-0.15, -0.1) is 0 Å². The predicted molar refractivity (Wildman–Crippen MR) is 154 cm³/mol. The van der Waals surface area contributed by atoms with Crippen LogP contribution in [0.1, 0.15) is 66.9 Å². The minimum atomic E-state index is -2.71. The van der Waals surface area contributed by atoms with E-state index in [0.717, 1.165) is 31.5 Å². The van der Waals surface area contributed by atoms with Gasteiger partial charge in [0.1, 0.15) is 5.75 Å². The van der Waals surface area contributed by atoms with Crippen molar-refractivity contribution in [1.82, 2.24) is 15.5 Å². The van der Waals surface area contributed by atoms with Crippen LogP contribution in [0.4, 0.5) is 8.78 Å². The van der Waals surface area contributed by atoms with Gasteiger partial charge in [0.2, 0.25) is 5.91 Å². The molecule has 7 nitrogen and oxygen atoms in total. The fourth-order valence-corrected chi connectivity index (χ4v) is 5.61. The number of hydrogen-bond acceptors (Lipinski definition) is 5. The number of ether oxygens (including phenoxy) is 2. The van der Waals surface area contributed by atoms with E-state index in [4.69, 9.17) is 9.47 Å². The van der Waals surface area contributed by atoms with E-state index in [2.05, 4.69) is 10.6 Å². The SMILES string of the molecule is COCCCOc1cc(C(=O)N(C[C@@H]2CNC[C@@H]2CNC(=O)C(c2ccccc2)C2CC2)C(C)C)ccc1C(F)F. The lowest BCUT2D eigenvalue weighted by Crippen LogP contribution is -2.44. The predicted octanol–water partition coefficient (Wildman–Crippen LogP) is 5.04. The highest BCUT2D eigenvalue weighted by atomic mass is 19.3. The van der Waals surface area contributed by atoms with Gasteiger partial charge < -0.3 is 25.0 Å². The molecular weight excluding hydrogens is 528 g/mol. The van der Waals surface area contributed by atoms with Gasteiger partial charge in [-0.05, 0) is 68.2 Å². The highest BCUT2D eigenvalue weighted by Crippen LogP contribution is 2.42. The number of methoxy groups -OCH3 is 1. The van der Waals surface area contributed by atoms with E-state index in [1.54, 1.807) is 12.0 Å². The summed E-state index contributed by atoms with van der Waals surface area (Å²) in [5, 5.41) is 6.64. The summed E-state index contributed by atoms with van der Waals surface area (Å²) in [6.45, 7) is 7.09. The van der Waals surface area contributed by atoms with Crippen LogP contribution in [-0.2, 0) is 9.53 Å². The van der Waals surface area contributed by atoms with Crippen molar-refractivity contribution >= 4 is 11.8 Å². The van der Waals surface area contributed by atoms with Crippen molar-refractivity contribution in [3.63, 3.8) is 0 Å². The molecule has 0 bridgehead atoms. The third-order valence-corrected chi connectivity index (χ3v) is 8.11. The van der Waals surface area contributed by atoms with Crippen molar-refractivity contribution in [1.29, 1.82) is 0 Å². The number of hydrogen-bond donors (Lipinski definition) is 2. The molecule has 2 N–H and O–H groups in total. The molecule has 0 spiro atoms. The van der Waals surface area contributed by atoms with Crippen LogP contribution in [0.15, 0.2) is 48.5 Å². The van der Waals surface area contributed by atoms with Gasteiger partial charge in [-0.1, -0.05) is 30.3 Å². The Morgan fingerprint density at radius 1 is 1.05 bits per heavy atom. The number of carbonyl (C=O) groups excluding carboxylic acids is 2. The second-order valence-electron chi connectivity index (χ2n) is 11.4. The second-order valence-corrected chi connectivity index (χ2v) is 11.4. The van der Waals surface area contributed by atoms with Crippen LogP contribution in [0.5, 0.6) is 5.75 Å². The largest absolute Gasteiger partial charge is 0.493 e. The molecule has 3 atom stereocenters. The zero-order valence-electron chi connectivity index (χ0n) is 24.3. The smallest absolute Gasteiger partial charge is 0.267 e. The number of rotatable bonds is 15. The molecule has 2 aromatic carbocycles. The Kier molecular flexibility index (Phi) is 11.1. The fourth-order valence-electron chi connectivity index (χ4n) is 5.61. The molecule has 0 radical (unpaired) electrons. The highest BCUT2D eigenvalue weighted by molar-refractivity contribution is 5.95. The van der Waals surface area contributed by atoms with Crippen LogP contribution in [0.3, 0.4) is 0 Å². The van der Waals surface area contributed by atoms with E-state index < -0.39 is 6.43 Å².